The molecule has 0 bridgehead atoms. The van der Waals surface area contributed by atoms with Crippen LogP contribution in [0.15, 0.2) is 182 Å². The first-order valence-electron chi connectivity index (χ1n) is 17.6. The number of para-hydroxylation sites is 2. The highest BCUT2D eigenvalue weighted by Gasteiger charge is 2.18. The van der Waals surface area contributed by atoms with Gasteiger partial charge in [-0.2, -0.15) is 0 Å². The van der Waals surface area contributed by atoms with E-state index < -0.39 is 0 Å². The van der Waals surface area contributed by atoms with Gasteiger partial charge >= 0.3 is 0 Å². The first-order valence-corrected chi connectivity index (χ1v) is 18.5. The summed E-state index contributed by atoms with van der Waals surface area (Å²) in [5, 5.41) is 1.16. The van der Waals surface area contributed by atoms with Crippen molar-refractivity contribution in [2.45, 2.75) is 0 Å². The molecule has 0 radical (unpaired) electrons. The molecule has 0 saturated carbocycles. The molecule has 0 fully saturated rings. The lowest BCUT2D eigenvalue weighted by atomic mass is 9.95. The minimum absolute atomic E-state index is 0.719. The van der Waals surface area contributed by atoms with Gasteiger partial charge in [-0.1, -0.05) is 146 Å². The molecule has 0 unspecified atom stereocenters. The number of nitrogens with zero attached hydrogens (tertiary/aromatic N) is 4. The molecule has 0 aliphatic rings. The highest BCUT2D eigenvalue weighted by Crippen LogP contribution is 2.40. The lowest BCUT2D eigenvalue weighted by Gasteiger charge is -2.12. The Bertz CT molecular complexity index is 2950. The van der Waals surface area contributed by atoms with Gasteiger partial charge in [-0.15, -0.1) is 11.3 Å². The van der Waals surface area contributed by atoms with Crippen molar-refractivity contribution in [3.8, 4) is 67.4 Å². The van der Waals surface area contributed by atoms with Crippen molar-refractivity contribution < 1.29 is 0 Å². The Morgan fingerprint density at radius 1 is 0.321 bits per heavy atom. The average Bonchev–Trinajstić information content (AvgIpc) is 3.62. The summed E-state index contributed by atoms with van der Waals surface area (Å²) in [4.78, 5) is 20.6. The quantitative estimate of drug-likeness (QED) is 0.174. The largest absolute Gasteiger partial charge is 0.244 e. The van der Waals surface area contributed by atoms with Crippen LogP contribution >= 0.6 is 11.3 Å². The van der Waals surface area contributed by atoms with Gasteiger partial charge < -0.3 is 0 Å². The van der Waals surface area contributed by atoms with Gasteiger partial charge in [0.1, 0.15) is 0 Å². The molecule has 53 heavy (non-hydrogen) atoms. The number of hydrogen-bond donors (Lipinski definition) is 0. The number of thiophene rings is 1. The zero-order chi connectivity index (χ0) is 35.1. The molecule has 0 saturated heterocycles. The lowest BCUT2D eigenvalue weighted by molar-refractivity contribution is 1.24. The fourth-order valence-corrected chi connectivity index (χ4v) is 8.23. The van der Waals surface area contributed by atoms with Gasteiger partial charge in [-0.3, -0.25) is 0 Å². The van der Waals surface area contributed by atoms with E-state index in [9.17, 15) is 0 Å². The van der Waals surface area contributed by atoms with Crippen molar-refractivity contribution in [3.05, 3.63) is 182 Å². The molecule has 0 aliphatic heterocycles. The van der Waals surface area contributed by atoms with Crippen LogP contribution in [-0.2, 0) is 0 Å². The summed E-state index contributed by atoms with van der Waals surface area (Å²) in [6.07, 6.45) is 0. The van der Waals surface area contributed by atoms with Crippen LogP contribution in [0.4, 0.5) is 0 Å². The van der Waals surface area contributed by atoms with Crippen molar-refractivity contribution in [1.29, 1.82) is 0 Å². The Hall–Kier alpha value is -6.82. The molecule has 0 amide bonds. The first kappa shape index (κ1) is 31.0. The molecular formula is C48H30N4S. The van der Waals surface area contributed by atoms with Crippen LogP contribution in [-0.4, -0.2) is 19.9 Å². The van der Waals surface area contributed by atoms with Crippen LogP contribution in [0.2, 0.25) is 0 Å². The molecule has 3 heterocycles. The minimum Gasteiger partial charge on any atom is -0.244 e. The summed E-state index contributed by atoms with van der Waals surface area (Å²) in [7, 11) is 0. The second-order valence-electron chi connectivity index (χ2n) is 13.1. The number of fused-ring (bicyclic) bond motifs is 4. The molecular weight excluding hydrogens is 665 g/mol. The number of hydrogen-bond acceptors (Lipinski definition) is 5. The van der Waals surface area contributed by atoms with E-state index in [0.717, 1.165) is 94.1 Å². The molecule has 0 N–H and O–H groups in total. The zero-order valence-electron chi connectivity index (χ0n) is 28.5. The van der Waals surface area contributed by atoms with Gasteiger partial charge in [0.2, 0.25) is 0 Å². The molecule has 10 rings (SSSR count). The zero-order valence-corrected chi connectivity index (χ0v) is 29.3. The van der Waals surface area contributed by atoms with E-state index in [1.54, 1.807) is 11.3 Å². The molecule has 3 aromatic heterocycles. The van der Waals surface area contributed by atoms with Gasteiger partial charge in [-0.25, -0.2) is 19.9 Å². The van der Waals surface area contributed by atoms with Crippen molar-refractivity contribution in [3.63, 3.8) is 0 Å². The third-order valence-corrected chi connectivity index (χ3v) is 10.8. The summed E-state index contributed by atoms with van der Waals surface area (Å²) in [6, 6.07) is 63.2. The van der Waals surface area contributed by atoms with E-state index in [1.807, 2.05) is 48.5 Å². The van der Waals surface area contributed by atoms with E-state index >= 15 is 0 Å². The highest BCUT2D eigenvalue weighted by molar-refractivity contribution is 7.26. The van der Waals surface area contributed by atoms with Gasteiger partial charge in [0.05, 0.1) is 38.3 Å². The first-order chi connectivity index (χ1) is 26.2. The maximum Gasteiger partial charge on any atom is 0.160 e. The summed E-state index contributed by atoms with van der Waals surface area (Å²) in [5.41, 5.74) is 14.0. The van der Waals surface area contributed by atoms with Crippen molar-refractivity contribution in [2.75, 3.05) is 0 Å². The molecule has 0 spiro atoms. The second kappa shape index (κ2) is 13.1. The van der Waals surface area contributed by atoms with Crippen LogP contribution in [0.1, 0.15) is 0 Å². The standard InChI is InChI=1S/C48H30N4S/c1-3-14-31(15-4-1)43-44(50-41-26-9-8-25-40(41)49-43)37-22-12-20-35(29-37)33-18-11-19-34(28-33)36-21-13-23-38(30-36)48-51-45(32-16-5-2-6-17-32)47-46(52-48)39-24-7-10-27-42(39)53-47/h1-30H. The number of benzene rings is 7. The van der Waals surface area contributed by atoms with E-state index in [-0.39, 0.29) is 0 Å². The van der Waals surface area contributed by atoms with E-state index in [4.69, 9.17) is 19.9 Å². The van der Waals surface area contributed by atoms with Gasteiger partial charge in [0.15, 0.2) is 5.82 Å². The Labute approximate surface area is 310 Å². The van der Waals surface area contributed by atoms with Crippen LogP contribution in [0.25, 0.3) is 98.7 Å². The predicted octanol–water partition coefficient (Wildman–Crippen LogP) is 12.8. The summed E-state index contributed by atoms with van der Waals surface area (Å²) in [6.45, 7) is 0. The van der Waals surface area contributed by atoms with E-state index in [0.29, 0.717) is 0 Å². The summed E-state index contributed by atoms with van der Waals surface area (Å²) in [5.74, 6) is 0.719. The van der Waals surface area contributed by atoms with Crippen LogP contribution < -0.4 is 0 Å². The highest BCUT2D eigenvalue weighted by atomic mass is 32.1. The van der Waals surface area contributed by atoms with Crippen LogP contribution in [0.3, 0.4) is 0 Å². The third kappa shape index (κ3) is 5.74. The molecule has 7 aromatic carbocycles. The summed E-state index contributed by atoms with van der Waals surface area (Å²) < 4.78 is 2.32. The van der Waals surface area contributed by atoms with Gasteiger partial charge in [0, 0.05) is 32.3 Å². The monoisotopic (exact) mass is 694 g/mol. The van der Waals surface area contributed by atoms with Gasteiger partial charge in [0.25, 0.3) is 0 Å². The van der Waals surface area contributed by atoms with Crippen LogP contribution in [0.5, 0.6) is 0 Å². The van der Waals surface area contributed by atoms with Crippen molar-refractivity contribution in [2.24, 2.45) is 0 Å². The maximum atomic E-state index is 5.21. The maximum absolute atomic E-state index is 5.21. The SMILES string of the molecule is c1ccc(-c2nc3ccccc3nc2-c2cccc(-c3cccc(-c4cccc(-c5nc(-c6ccccc6)c6sc7ccccc7c6n5)c4)c3)c2)cc1. The Kier molecular flexibility index (Phi) is 7.63. The Morgan fingerprint density at radius 2 is 0.774 bits per heavy atom. The average molecular weight is 695 g/mol. The molecule has 4 nitrogen and oxygen atoms in total. The molecule has 5 heteroatoms. The molecule has 0 atom stereocenters. The van der Waals surface area contributed by atoms with E-state index in [2.05, 4.69) is 133 Å². The van der Waals surface area contributed by atoms with Gasteiger partial charge in [-0.05, 0) is 58.7 Å². The predicted molar refractivity (Wildman–Crippen MR) is 221 cm³/mol. The second-order valence-corrected chi connectivity index (χ2v) is 14.1. The number of rotatable bonds is 6. The molecule has 248 valence electrons. The third-order valence-electron chi connectivity index (χ3n) is 9.67. The minimum atomic E-state index is 0.719. The molecule has 0 aliphatic carbocycles. The summed E-state index contributed by atoms with van der Waals surface area (Å²) >= 11 is 1.75. The Morgan fingerprint density at radius 3 is 1.42 bits per heavy atom. The molecule has 10 aromatic rings. The number of aromatic nitrogens is 4. The lowest BCUT2D eigenvalue weighted by Crippen LogP contribution is -1.95. The van der Waals surface area contributed by atoms with Crippen molar-refractivity contribution in [1.82, 2.24) is 19.9 Å². The fraction of sp³-hybridized carbons (Fsp3) is 0. The van der Waals surface area contributed by atoms with Crippen LogP contribution in [0, 0.1) is 0 Å². The van der Waals surface area contributed by atoms with E-state index in [1.165, 1.54) is 4.70 Å². The smallest absolute Gasteiger partial charge is 0.160 e. The normalized spacial score (nSPS) is 11.4. The topological polar surface area (TPSA) is 51.6 Å². The fourth-order valence-electron chi connectivity index (χ4n) is 7.07. The Balaban J connectivity index is 1.05. The van der Waals surface area contributed by atoms with Crippen molar-refractivity contribution >= 4 is 42.7 Å².